The lowest BCUT2D eigenvalue weighted by atomic mass is 9.81. The summed E-state index contributed by atoms with van der Waals surface area (Å²) in [7, 11) is 1.71. The number of carboxylic acids is 1. The van der Waals surface area contributed by atoms with E-state index in [4.69, 9.17) is 9.84 Å². The molecule has 0 aromatic heterocycles. The average molecular weight is 305 g/mol. The number of carbonyl (C=O) groups is 2. The van der Waals surface area contributed by atoms with Crippen molar-refractivity contribution in [2.24, 2.45) is 5.41 Å². The quantitative estimate of drug-likeness (QED) is 0.905. The number of hydrogen-bond donors (Lipinski definition) is 1. The molecule has 1 heterocycles. The molecular weight excluding hydrogens is 282 g/mol. The number of piperidine rings is 1. The summed E-state index contributed by atoms with van der Waals surface area (Å²) in [5, 5.41) is 8.99. The third-order valence-electron chi connectivity index (χ3n) is 4.35. The highest BCUT2D eigenvalue weighted by Gasteiger charge is 2.31. The van der Waals surface area contributed by atoms with Crippen LogP contribution in [0.4, 0.5) is 0 Å². The van der Waals surface area contributed by atoms with Gasteiger partial charge in [-0.15, -0.1) is 0 Å². The first-order valence-corrected chi connectivity index (χ1v) is 7.52. The smallest absolute Gasteiger partial charge is 0.335 e. The van der Waals surface area contributed by atoms with Gasteiger partial charge in [0.05, 0.1) is 18.6 Å². The van der Waals surface area contributed by atoms with Crippen molar-refractivity contribution in [3.63, 3.8) is 0 Å². The number of benzene rings is 1. The molecule has 5 heteroatoms. The van der Waals surface area contributed by atoms with Crippen LogP contribution in [0.3, 0.4) is 0 Å². The third-order valence-corrected chi connectivity index (χ3v) is 4.35. The molecule has 5 nitrogen and oxygen atoms in total. The summed E-state index contributed by atoms with van der Waals surface area (Å²) in [5.41, 5.74) is 1.11. The predicted octanol–water partition coefficient (Wildman–Crippen LogP) is 2.20. The lowest BCUT2D eigenvalue weighted by Crippen LogP contribution is -2.44. The van der Waals surface area contributed by atoms with Crippen molar-refractivity contribution < 1.29 is 19.4 Å². The summed E-state index contributed by atoms with van der Waals surface area (Å²) in [6.45, 7) is 4.37. The number of rotatable bonds is 5. The van der Waals surface area contributed by atoms with Crippen molar-refractivity contribution >= 4 is 11.9 Å². The van der Waals surface area contributed by atoms with Crippen LogP contribution in [0.15, 0.2) is 24.3 Å². The summed E-state index contributed by atoms with van der Waals surface area (Å²) < 4.78 is 5.25. The summed E-state index contributed by atoms with van der Waals surface area (Å²) in [4.78, 5) is 25.2. The Morgan fingerprint density at radius 1 is 1.32 bits per heavy atom. The van der Waals surface area contributed by atoms with Crippen molar-refractivity contribution in [1.29, 1.82) is 0 Å². The molecule has 0 aliphatic carbocycles. The predicted molar refractivity (Wildman–Crippen MR) is 82.9 cm³/mol. The van der Waals surface area contributed by atoms with Gasteiger partial charge in [-0.25, -0.2) is 4.79 Å². The van der Waals surface area contributed by atoms with Crippen LogP contribution in [0.2, 0.25) is 0 Å². The van der Waals surface area contributed by atoms with Gasteiger partial charge in [0, 0.05) is 20.2 Å². The summed E-state index contributed by atoms with van der Waals surface area (Å²) in [6, 6.07) is 6.58. The standard InChI is InChI=1S/C17H23NO4/c1-17(12-22-2)6-8-18(9-7-17)15(19)11-13-4-3-5-14(10-13)16(20)21/h3-5,10H,6-9,11-12H2,1-2H3,(H,20,21). The summed E-state index contributed by atoms with van der Waals surface area (Å²) in [6.07, 6.45) is 2.12. The maximum atomic E-state index is 12.4. The van der Waals surface area contributed by atoms with Crippen LogP contribution in [0, 0.1) is 5.41 Å². The summed E-state index contributed by atoms with van der Waals surface area (Å²) in [5.74, 6) is -0.912. The average Bonchev–Trinajstić information content (AvgIpc) is 2.48. The van der Waals surface area contributed by atoms with Gasteiger partial charge in [-0.3, -0.25) is 4.79 Å². The lowest BCUT2D eigenvalue weighted by Gasteiger charge is -2.39. The molecule has 0 bridgehead atoms. The van der Waals surface area contributed by atoms with Crippen molar-refractivity contribution in [3.8, 4) is 0 Å². The maximum Gasteiger partial charge on any atom is 0.335 e. The number of nitrogens with zero attached hydrogens (tertiary/aromatic N) is 1. The Morgan fingerprint density at radius 2 is 2.00 bits per heavy atom. The number of carboxylic acid groups (broad SMARTS) is 1. The van der Waals surface area contributed by atoms with E-state index in [2.05, 4.69) is 6.92 Å². The molecule has 0 atom stereocenters. The molecule has 1 aromatic carbocycles. The largest absolute Gasteiger partial charge is 0.478 e. The topological polar surface area (TPSA) is 66.8 Å². The minimum absolute atomic E-state index is 0.0574. The number of likely N-dealkylation sites (tertiary alicyclic amines) is 1. The first-order valence-electron chi connectivity index (χ1n) is 7.52. The fraction of sp³-hybridized carbons (Fsp3) is 0.529. The maximum absolute atomic E-state index is 12.4. The zero-order valence-electron chi connectivity index (χ0n) is 13.2. The van der Waals surface area contributed by atoms with Gasteiger partial charge in [0.15, 0.2) is 0 Å². The number of ether oxygens (including phenoxy) is 1. The van der Waals surface area contributed by atoms with E-state index in [1.165, 1.54) is 6.07 Å². The van der Waals surface area contributed by atoms with Gasteiger partial charge in [0.25, 0.3) is 0 Å². The monoisotopic (exact) mass is 305 g/mol. The van der Waals surface area contributed by atoms with E-state index in [9.17, 15) is 9.59 Å². The molecule has 1 aliphatic heterocycles. The van der Waals surface area contributed by atoms with Gasteiger partial charge in [-0.1, -0.05) is 19.1 Å². The molecule has 2 rings (SSSR count). The molecule has 0 unspecified atom stereocenters. The molecule has 1 aromatic rings. The second kappa shape index (κ2) is 6.92. The molecule has 0 saturated carbocycles. The van der Waals surface area contributed by atoms with Gasteiger partial charge >= 0.3 is 5.97 Å². The number of aromatic carboxylic acids is 1. The molecule has 1 N–H and O–H groups in total. The van der Waals surface area contributed by atoms with E-state index in [-0.39, 0.29) is 23.3 Å². The van der Waals surface area contributed by atoms with Crippen molar-refractivity contribution in [1.82, 2.24) is 4.90 Å². The van der Waals surface area contributed by atoms with Crippen LogP contribution >= 0.6 is 0 Å². The van der Waals surface area contributed by atoms with Crippen LogP contribution in [0.1, 0.15) is 35.7 Å². The van der Waals surface area contributed by atoms with Crippen molar-refractivity contribution in [2.45, 2.75) is 26.2 Å². The molecule has 1 amide bonds. The Bertz CT molecular complexity index is 547. The van der Waals surface area contributed by atoms with Crippen LogP contribution in [0.5, 0.6) is 0 Å². The number of carbonyl (C=O) groups excluding carboxylic acids is 1. The second-order valence-electron chi connectivity index (χ2n) is 6.31. The van der Waals surface area contributed by atoms with Crippen LogP contribution in [-0.2, 0) is 16.0 Å². The Kier molecular flexibility index (Phi) is 5.19. The van der Waals surface area contributed by atoms with Crippen LogP contribution in [-0.4, -0.2) is 48.7 Å². The van der Waals surface area contributed by atoms with E-state index in [1.807, 2.05) is 4.90 Å². The second-order valence-corrected chi connectivity index (χ2v) is 6.31. The Labute approximate surface area is 130 Å². The minimum atomic E-state index is -0.970. The van der Waals surface area contributed by atoms with Gasteiger partial charge in [0.2, 0.25) is 5.91 Å². The fourth-order valence-corrected chi connectivity index (χ4v) is 2.89. The highest BCUT2D eigenvalue weighted by atomic mass is 16.5. The van der Waals surface area contributed by atoms with Gasteiger partial charge < -0.3 is 14.7 Å². The number of hydrogen-bond acceptors (Lipinski definition) is 3. The van der Waals surface area contributed by atoms with E-state index in [1.54, 1.807) is 25.3 Å². The minimum Gasteiger partial charge on any atom is -0.478 e. The molecule has 1 saturated heterocycles. The molecule has 22 heavy (non-hydrogen) atoms. The Balaban J connectivity index is 1.94. The number of amides is 1. The molecular formula is C17H23NO4. The van der Waals surface area contributed by atoms with Crippen LogP contribution < -0.4 is 0 Å². The van der Waals surface area contributed by atoms with Crippen molar-refractivity contribution in [3.05, 3.63) is 35.4 Å². The first-order chi connectivity index (χ1) is 10.4. The normalized spacial score (nSPS) is 17.3. The highest BCUT2D eigenvalue weighted by molar-refractivity contribution is 5.88. The molecule has 0 spiro atoms. The Morgan fingerprint density at radius 3 is 2.59 bits per heavy atom. The number of methoxy groups -OCH3 is 1. The van der Waals surface area contributed by atoms with Gasteiger partial charge in [0.1, 0.15) is 0 Å². The molecule has 1 aliphatic rings. The molecule has 120 valence electrons. The van der Waals surface area contributed by atoms with E-state index in [0.29, 0.717) is 0 Å². The van der Waals surface area contributed by atoms with Gasteiger partial charge in [-0.2, -0.15) is 0 Å². The van der Waals surface area contributed by atoms with Crippen LogP contribution in [0.25, 0.3) is 0 Å². The SMILES string of the molecule is COCC1(C)CCN(C(=O)Cc2cccc(C(=O)O)c2)CC1. The highest BCUT2D eigenvalue weighted by Crippen LogP contribution is 2.31. The summed E-state index contributed by atoms with van der Waals surface area (Å²) >= 11 is 0. The zero-order valence-corrected chi connectivity index (χ0v) is 13.2. The van der Waals surface area contributed by atoms with Crippen molar-refractivity contribution in [2.75, 3.05) is 26.8 Å². The molecule has 0 radical (unpaired) electrons. The Hall–Kier alpha value is -1.88. The first kappa shape index (κ1) is 16.5. The molecule has 1 fully saturated rings. The van der Waals surface area contributed by atoms with E-state index >= 15 is 0 Å². The lowest BCUT2D eigenvalue weighted by molar-refractivity contribution is -0.133. The van der Waals surface area contributed by atoms with E-state index in [0.717, 1.165) is 38.1 Å². The zero-order chi connectivity index (χ0) is 16.2. The fourth-order valence-electron chi connectivity index (χ4n) is 2.89. The third kappa shape index (κ3) is 4.07. The van der Waals surface area contributed by atoms with E-state index < -0.39 is 5.97 Å². The van der Waals surface area contributed by atoms with Gasteiger partial charge in [-0.05, 0) is 36.0 Å².